The summed E-state index contributed by atoms with van der Waals surface area (Å²) in [5.74, 6) is -1.43. The van der Waals surface area contributed by atoms with Crippen LogP contribution in [0.3, 0.4) is 0 Å². The second-order valence-corrected chi connectivity index (χ2v) is 6.84. The first kappa shape index (κ1) is 21.6. The number of hydrogen-bond donors (Lipinski definition) is 1. The van der Waals surface area contributed by atoms with Crippen LogP contribution in [0.2, 0.25) is 0 Å². The van der Waals surface area contributed by atoms with Crippen LogP contribution in [-0.4, -0.2) is 21.8 Å². The van der Waals surface area contributed by atoms with Crippen molar-refractivity contribution in [1.82, 2.24) is 9.97 Å². The molecule has 0 aliphatic rings. The molecule has 164 valence electrons. The van der Waals surface area contributed by atoms with E-state index in [2.05, 4.69) is 15.3 Å². The van der Waals surface area contributed by atoms with Crippen LogP contribution in [0.1, 0.15) is 22.0 Å². The molecule has 0 spiro atoms. The van der Waals surface area contributed by atoms with Crippen molar-refractivity contribution in [3.63, 3.8) is 0 Å². The van der Waals surface area contributed by atoms with Gasteiger partial charge in [-0.05, 0) is 48.5 Å². The highest BCUT2D eigenvalue weighted by atomic mass is 19.1. The van der Waals surface area contributed by atoms with Crippen LogP contribution < -0.4 is 10.1 Å². The molecular formula is C25H18FN3O4. The fourth-order valence-corrected chi connectivity index (χ4v) is 2.96. The molecule has 1 amide bonds. The summed E-state index contributed by atoms with van der Waals surface area (Å²) in [5.41, 5.74) is 0.862. The maximum atomic E-state index is 13.2. The van der Waals surface area contributed by atoms with E-state index in [9.17, 15) is 14.0 Å². The molecule has 1 atom stereocenters. The highest BCUT2D eigenvalue weighted by Gasteiger charge is 2.27. The summed E-state index contributed by atoms with van der Waals surface area (Å²) in [7, 11) is 0. The molecule has 33 heavy (non-hydrogen) atoms. The molecular weight excluding hydrogens is 425 g/mol. The highest BCUT2D eigenvalue weighted by Crippen LogP contribution is 2.26. The number of aromatic nitrogens is 2. The van der Waals surface area contributed by atoms with Crippen molar-refractivity contribution in [2.45, 2.75) is 6.10 Å². The summed E-state index contributed by atoms with van der Waals surface area (Å²) < 4.78 is 24.5. The fourth-order valence-electron chi connectivity index (χ4n) is 2.96. The SMILES string of the molecule is O=C(OC(C(=O)Nc1ccc(F)cc1)c1ccccc1)c1cccnc1Oc1cccnc1. The lowest BCUT2D eigenvalue weighted by Crippen LogP contribution is -2.26. The van der Waals surface area contributed by atoms with Gasteiger partial charge in [-0.15, -0.1) is 0 Å². The first-order valence-electron chi connectivity index (χ1n) is 9.95. The lowest BCUT2D eigenvalue weighted by atomic mass is 10.1. The van der Waals surface area contributed by atoms with E-state index < -0.39 is 23.8 Å². The van der Waals surface area contributed by atoms with E-state index in [-0.39, 0.29) is 11.4 Å². The smallest absolute Gasteiger partial charge is 0.344 e. The van der Waals surface area contributed by atoms with Crippen LogP contribution in [0.4, 0.5) is 10.1 Å². The van der Waals surface area contributed by atoms with Crippen molar-refractivity contribution in [2.24, 2.45) is 0 Å². The summed E-state index contributed by atoms with van der Waals surface area (Å²) in [6.07, 6.45) is 3.27. The normalized spacial score (nSPS) is 11.3. The Morgan fingerprint density at radius 3 is 2.36 bits per heavy atom. The molecule has 2 heterocycles. The average Bonchev–Trinajstić information content (AvgIpc) is 2.85. The first-order chi connectivity index (χ1) is 16.1. The number of carbonyl (C=O) groups excluding carboxylic acids is 2. The van der Waals surface area contributed by atoms with E-state index in [4.69, 9.17) is 9.47 Å². The van der Waals surface area contributed by atoms with Gasteiger partial charge in [0.25, 0.3) is 5.91 Å². The third kappa shape index (κ3) is 5.56. The van der Waals surface area contributed by atoms with Crippen molar-refractivity contribution >= 4 is 17.6 Å². The monoisotopic (exact) mass is 443 g/mol. The predicted octanol–water partition coefficient (Wildman–Crippen LogP) is 4.94. The van der Waals surface area contributed by atoms with E-state index in [1.54, 1.807) is 54.7 Å². The van der Waals surface area contributed by atoms with Gasteiger partial charge < -0.3 is 14.8 Å². The number of pyridine rings is 2. The van der Waals surface area contributed by atoms with Gasteiger partial charge in [-0.25, -0.2) is 14.2 Å². The second-order valence-electron chi connectivity index (χ2n) is 6.84. The Bertz CT molecular complexity index is 1240. The molecule has 0 fully saturated rings. The molecule has 8 heteroatoms. The predicted molar refractivity (Wildman–Crippen MR) is 118 cm³/mol. The summed E-state index contributed by atoms with van der Waals surface area (Å²) in [6, 6.07) is 20.2. The summed E-state index contributed by atoms with van der Waals surface area (Å²) in [4.78, 5) is 34.1. The number of halogens is 1. The van der Waals surface area contributed by atoms with Gasteiger partial charge in [0.15, 0.2) is 0 Å². The third-order valence-electron chi connectivity index (χ3n) is 4.52. The number of amides is 1. The first-order valence-corrected chi connectivity index (χ1v) is 9.95. The van der Waals surface area contributed by atoms with Crippen LogP contribution in [0.15, 0.2) is 97.5 Å². The zero-order valence-electron chi connectivity index (χ0n) is 17.2. The van der Waals surface area contributed by atoms with Crippen molar-refractivity contribution in [2.75, 3.05) is 5.32 Å². The standard InChI is InChI=1S/C25H18FN3O4/c26-18-10-12-19(13-11-18)29-23(30)22(17-6-2-1-3-7-17)33-25(31)21-9-5-15-28-24(21)32-20-8-4-14-27-16-20/h1-16,22H,(H,29,30). The van der Waals surface area contributed by atoms with E-state index >= 15 is 0 Å². The molecule has 0 saturated carbocycles. The number of ether oxygens (including phenoxy) is 2. The fraction of sp³-hybridized carbons (Fsp3) is 0.0400. The quantitative estimate of drug-likeness (QED) is 0.407. The number of nitrogens with one attached hydrogen (secondary N) is 1. The zero-order chi connectivity index (χ0) is 23.0. The Kier molecular flexibility index (Phi) is 6.65. The summed E-state index contributed by atoms with van der Waals surface area (Å²) in [5, 5.41) is 2.64. The van der Waals surface area contributed by atoms with Gasteiger partial charge in [-0.2, -0.15) is 0 Å². The van der Waals surface area contributed by atoms with E-state index in [1.165, 1.54) is 42.7 Å². The number of nitrogens with zero attached hydrogens (tertiary/aromatic N) is 2. The van der Waals surface area contributed by atoms with Gasteiger partial charge in [0.05, 0.1) is 6.20 Å². The molecule has 1 N–H and O–H groups in total. The Morgan fingerprint density at radius 1 is 0.879 bits per heavy atom. The molecule has 0 radical (unpaired) electrons. The number of carbonyl (C=O) groups is 2. The minimum atomic E-state index is -1.27. The lowest BCUT2D eigenvalue weighted by molar-refractivity contribution is -0.125. The van der Waals surface area contributed by atoms with Crippen LogP contribution in [0.25, 0.3) is 0 Å². The summed E-state index contributed by atoms with van der Waals surface area (Å²) in [6.45, 7) is 0. The second kappa shape index (κ2) is 10.1. The van der Waals surface area contributed by atoms with Gasteiger partial charge in [0.1, 0.15) is 17.1 Å². The Balaban J connectivity index is 1.58. The van der Waals surface area contributed by atoms with Gasteiger partial charge in [-0.1, -0.05) is 30.3 Å². The van der Waals surface area contributed by atoms with Gasteiger partial charge in [0.2, 0.25) is 12.0 Å². The molecule has 2 aromatic heterocycles. The lowest BCUT2D eigenvalue weighted by Gasteiger charge is -2.19. The Labute approximate surface area is 188 Å². The molecule has 1 unspecified atom stereocenters. The van der Waals surface area contributed by atoms with Gasteiger partial charge in [-0.3, -0.25) is 9.78 Å². The largest absolute Gasteiger partial charge is 0.444 e. The van der Waals surface area contributed by atoms with Gasteiger partial charge in [0, 0.05) is 23.6 Å². The van der Waals surface area contributed by atoms with Crippen molar-refractivity contribution in [1.29, 1.82) is 0 Å². The van der Waals surface area contributed by atoms with Crippen LogP contribution in [-0.2, 0) is 9.53 Å². The zero-order valence-corrected chi connectivity index (χ0v) is 17.2. The molecule has 7 nitrogen and oxygen atoms in total. The molecule has 4 aromatic rings. The maximum Gasteiger partial charge on any atom is 0.344 e. The van der Waals surface area contributed by atoms with E-state index in [1.807, 2.05) is 0 Å². The molecule has 0 aliphatic carbocycles. The molecule has 0 bridgehead atoms. The van der Waals surface area contributed by atoms with Crippen LogP contribution >= 0.6 is 0 Å². The number of hydrogen-bond acceptors (Lipinski definition) is 6. The van der Waals surface area contributed by atoms with Crippen LogP contribution in [0.5, 0.6) is 11.6 Å². The molecule has 0 saturated heterocycles. The van der Waals surface area contributed by atoms with E-state index in [0.29, 0.717) is 17.0 Å². The van der Waals surface area contributed by atoms with Gasteiger partial charge >= 0.3 is 5.97 Å². The van der Waals surface area contributed by atoms with Crippen molar-refractivity contribution in [3.05, 3.63) is 114 Å². The average molecular weight is 443 g/mol. The van der Waals surface area contributed by atoms with Crippen molar-refractivity contribution < 1.29 is 23.5 Å². The highest BCUT2D eigenvalue weighted by molar-refractivity contribution is 5.98. The topological polar surface area (TPSA) is 90.4 Å². The minimum Gasteiger partial charge on any atom is -0.444 e. The number of benzene rings is 2. The van der Waals surface area contributed by atoms with E-state index in [0.717, 1.165) is 0 Å². The summed E-state index contributed by atoms with van der Waals surface area (Å²) >= 11 is 0. The number of anilines is 1. The van der Waals surface area contributed by atoms with Crippen molar-refractivity contribution in [3.8, 4) is 11.6 Å². The van der Waals surface area contributed by atoms with Crippen LogP contribution in [0, 0.1) is 5.82 Å². The Morgan fingerprint density at radius 2 is 1.64 bits per heavy atom. The number of rotatable bonds is 7. The third-order valence-corrected chi connectivity index (χ3v) is 4.52. The molecule has 0 aliphatic heterocycles. The minimum absolute atomic E-state index is 0.0151. The molecule has 4 rings (SSSR count). The maximum absolute atomic E-state index is 13.2. The molecule has 2 aromatic carbocycles. The Hall–Kier alpha value is -4.59. The number of esters is 1.